The molecule has 2 amide bonds. The number of nitrogens with two attached hydrogens (primary N) is 1. The number of hydrogen-bond donors (Lipinski definition) is 4. The van der Waals surface area contributed by atoms with E-state index in [-0.39, 0.29) is 0 Å². The van der Waals surface area contributed by atoms with Crippen molar-refractivity contribution in [1.82, 2.24) is 5.32 Å². The third-order valence-corrected chi connectivity index (χ3v) is 2.87. The molecule has 16 heavy (non-hydrogen) atoms. The number of halogens is 3. The van der Waals surface area contributed by atoms with Gasteiger partial charge in [0, 0.05) is 8.95 Å². The molecule has 1 aromatic carbocycles. The highest BCUT2D eigenvalue weighted by Gasteiger charge is 2.10. The molecule has 5 nitrogen and oxygen atoms in total. The van der Waals surface area contributed by atoms with Crippen LogP contribution in [0.3, 0.4) is 0 Å². The molecular formula is C8H7Br2ClN4O. The van der Waals surface area contributed by atoms with Crippen molar-refractivity contribution in [3.8, 4) is 0 Å². The minimum Gasteiger partial charge on any atom is -0.370 e. The lowest BCUT2D eigenvalue weighted by Crippen LogP contribution is -2.38. The van der Waals surface area contributed by atoms with Crippen LogP contribution in [0.15, 0.2) is 21.1 Å². The first-order valence-electron chi connectivity index (χ1n) is 3.96. The maximum Gasteiger partial charge on any atom is 0.326 e. The van der Waals surface area contributed by atoms with Crippen LogP contribution in [0.4, 0.5) is 10.5 Å². The summed E-state index contributed by atoms with van der Waals surface area (Å²) in [5, 5.41) is 11.8. The van der Waals surface area contributed by atoms with Gasteiger partial charge >= 0.3 is 6.03 Å². The van der Waals surface area contributed by atoms with Crippen molar-refractivity contribution in [3.05, 3.63) is 26.1 Å². The van der Waals surface area contributed by atoms with Gasteiger partial charge in [0.15, 0.2) is 5.96 Å². The normalized spacial score (nSPS) is 9.69. The average molecular weight is 370 g/mol. The second kappa shape index (κ2) is 5.51. The molecular weight excluding hydrogens is 363 g/mol. The first-order valence-corrected chi connectivity index (χ1v) is 5.93. The molecule has 0 saturated heterocycles. The van der Waals surface area contributed by atoms with E-state index in [1.54, 1.807) is 12.1 Å². The van der Waals surface area contributed by atoms with Crippen molar-refractivity contribution in [2.75, 3.05) is 5.32 Å². The third-order valence-electron chi connectivity index (χ3n) is 1.49. The Balaban J connectivity index is 2.89. The number of benzene rings is 1. The fourth-order valence-corrected chi connectivity index (χ4v) is 2.77. The average Bonchev–Trinajstić information content (AvgIpc) is 2.09. The van der Waals surface area contributed by atoms with E-state index in [1.165, 1.54) is 0 Å². The number of anilines is 1. The standard InChI is InChI=1S/C8H7Br2ClN4O/c9-3-1-4(10)6(5(11)2-3)14-8(16)15-7(12)13/h1-2H,(H5,12,13,14,15,16). The van der Waals surface area contributed by atoms with Crippen LogP contribution in [0.25, 0.3) is 0 Å². The molecule has 86 valence electrons. The summed E-state index contributed by atoms with van der Waals surface area (Å²) in [5.74, 6) is -0.443. The summed E-state index contributed by atoms with van der Waals surface area (Å²) < 4.78 is 1.40. The summed E-state index contributed by atoms with van der Waals surface area (Å²) in [6.45, 7) is 0. The monoisotopic (exact) mass is 368 g/mol. The minimum absolute atomic E-state index is 0.361. The van der Waals surface area contributed by atoms with Gasteiger partial charge in [0.05, 0.1) is 10.7 Å². The van der Waals surface area contributed by atoms with Crippen LogP contribution < -0.4 is 16.4 Å². The van der Waals surface area contributed by atoms with E-state index in [0.29, 0.717) is 15.2 Å². The maximum absolute atomic E-state index is 11.3. The van der Waals surface area contributed by atoms with Crippen LogP contribution in [0.2, 0.25) is 5.02 Å². The molecule has 0 radical (unpaired) electrons. The smallest absolute Gasteiger partial charge is 0.326 e. The van der Waals surface area contributed by atoms with Crippen molar-refractivity contribution in [3.63, 3.8) is 0 Å². The highest BCUT2D eigenvalue weighted by molar-refractivity contribution is 9.11. The van der Waals surface area contributed by atoms with Gasteiger partial charge in [0.2, 0.25) is 0 Å². The number of urea groups is 1. The molecule has 0 aliphatic rings. The zero-order valence-corrected chi connectivity index (χ0v) is 11.7. The summed E-state index contributed by atoms with van der Waals surface area (Å²) in [6.07, 6.45) is 0. The van der Waals surface area contributed by atoms with Crippen LogP contribution in [-0.2, 0) is 0 Å². The van der Waals surface area contributed by atoms with Gasteiger partial charge in [-0.2, -0.15) is 0 Å². The topological polar surface area (TPSA) is 91.0 Å². The zero-order valence-electron chi connectivity index (χ0n) is 7.77. The molecule has 1 aromatic rings. The number of guanidine groups is 1. The highest BCUT2D eigenvalue weighted by atomic mass is 79.9. The first kappa shape index (κ1) is 13.3. The largest absolute Gasteiger partial charge is 0.370 e. The van der Waals surface area contributed by atoms with Crippen molar-refractivity contribution < 1.29 is 4.79 Å². The summed E-state index contributed by atoms with van der Waals surface area (Å²) in [5.41, 5.74) is 5.41. The zero-order chi connectivity index (χ0) is 12.3. The van der Waals surface area contributed by atoms with Crippen molar-refractivity contribution in [2.45, 2.75) is 0 Å². The maximum atomic E-state index is 11.3. The fraction of sp³-hybridized carbons (Fsp3) is 0. The number of hydrogen-bond acceptors (Lipinski definition) is 2. The molecule has 0 aliphatic carbocycles. The van der Waals surface area contributed by atoms with Gasteiger partial charge in [-0.1, -0.05) is 27.5 Å². The Morgan fingerprint density at radius 2 is 2.06 bits per heavy atom. The molecule has 0 aromatic heterocycles. The SMILES string of the molecule is N=C(N)NC(=O)Nc1c(Cl)cc(Br)cc1Br. The van der Waals surface area contributed by atoms with Gasteiger partial charge in [0.25, 0.3) is 0 Å². The number of amides is 2. The van der Waals surface area contributed by atoms with E-state index >= 15 is 0 Å². The minimum atomic E-state index is -0.627. The van der Waals surface area contributed by atoms with Gasteiger partial charge in [-0.3, -0.25) is 10.7 Å². The van der Waals surface area contributed by atoms with E-state index in [2.05, 4.69) is 42.5 Å². The van der Waals surface area contributed by atoms with E-state index < -0.39 is 12.0 Å². The lowest BCUT2D eigenvalue weighted by Gasteiger charge is -2.10. The first-order chi connectivity index (χ1) is 7.40. The Bertz CT molecular complexity index is 429. The molecule has 1 rings (SSSR count). The molecule has 0 aliphatic heterocycles. The lowest BCUT2D eigenvalue weighted by molar-refractivity contribution is 0.256. The Morgan fingerprint density at radius 1 is 1.44 bits per heavy atom. The quantitative estimate of drug-likeness (QED) is 0.452. The van der Waals surface area contributed by atoms with Crippen LogP contribution in [-0.4, -0.2) is 12.0 Å². The van der Waals surface area contributed by atoms with E-state index in [4.69, 9.17) is 22.7 Å². The summed E-state index contributed by atoms with van der Waals surface area (Å²) in [7, 11) is 0. The Labute approximate surface area is 113 Å². The number of rotatable bonds is 1. The van der Waals surface area contributed by atoms with Gasteiger partial charge in [-0.25, -0.2) is 4.79 Å². The molecule has 8 heteroatoms. The predicted octanol–water partition coefficient (Wildman–Crippen LogP) is 2.88. The van der Waals surface area contributed by atoms with Crippen LogP contribution in [0.5, 0.6) is 0 Å². The van der Waals surface area contributed by atoms with Gasteiger partial charge in [-0.05, 0) is 28.1 Å². The number of carbonyl (C=O) groups excluding carboxylic acids is 1. The van der Waals surface area contributed by atoms with Crippen molar-refractivity contribution in [2.24, 2.45) is 5.73 Å². The highest BCUT2D eigenvalue weighted by Crippen LogP contribution is 2.33. The van der Waals surface area contributed by atoms with Crippen LogP contribution in [0, 0.1) is 5.41 Å². The molecule has 0 heterocycles. The molecule has 0 atom stereocenters. The van der Waals surface area contributed by atoms with E-state index in [0.717, 1.165) is 4.47 Å². The molecule has 0 saturated carbocycles. The number of nitrogens with one attached hydrogen (secondary N) is 3. The molecule has 0 bridgehead atoms. The summed E-state index contributed by atoms with van der Waals surface area (Å²) in [6, 6.07) is 2.74. The van der Waals surface area contributed by atoms with E-state index in [1.807, 2.05) is 0 Å². The molecule has 0 spiro atoms. The van der Waals surface area contributed by atoms with Crippen LogP contribution in [0.1, 0.15) is 0 Å². The third kappa shape index (κ3) is 3.66. The molecule has 0 fully saturated rings. The molecule has 5 N–H and O–H groups in total. The summed E-state index contributed by atoms with van der Waals surface area (Å²) >= 11 is 12.4. The van der Waals surface area contributed by atoms with Crippen molar-refractivity contribution in [1.29, 1.82) is 5.41 Å². The Kier molecular flexibility index (Phi) is 4.57. The fourth-order valence-electron chi connectivity index (χ4n) is 0.929. The van der Waals surface area contributed by atoms with Gasteiger partial charge in [-0.15, -0.1) is 0 Å². The van der Waals surface area contributed by atoms with E-state index in [9.17, 15) is 4.79 Å². The Morgan fingerprint density at radius 3 is 2.56 bits per heavy atom. The molecule has 0 unspecified atom stereocenters. The number of carbonyl (C=O) groups is 1. The Hall–Kier alpha value is -0.790. The predicted molar refractivity (Wildman–Crippen MR) is 70.9 cm³/mol. The van der Waals surface area contributed by atoms with Gasteiger partial charge < -0.3 is 11.1 Å². The van der Waals surface area contributed by atoms with Gasteiger partial charge in [0.1, 0.15) is 0 Å². The second-order valence-corrected chi connectivity index (χ2v) is 4.91. The van der Waals surface area contributed by atoms with Crippen molar-refractivity contribution >= 4 is 61.1 Å². The second-order valence-electron chi connectivity index (χ2n) is 2.74. The van der Waals surface area contributed by atoms with Crippen LogP contribution >= 0.6 is 43.5 Å². The summed E-state index contributed by atoms with van der Waals surface area (Å²) in [4.78, 5) is 11.3. The lowest BCUT2D eigenvalue weighted by atomic mass is 10.3.